The van der Waals surface area contributed by atoms with Gasteiger partial charge < -0.3 is 4.98 Å². The Kier molecular flexibility index (Phi) is 2.60. The van der Waals surface area contributed by atoms with Crippen molar-refractivity contribution in [3.8, 4) is 6.07 Å². The number of aromatic nitrogens is 1. The molecular formula is C9H8N2O2. The lowest BCUT2D eigenvalue weighted by Crippen LogP contribution is -2.18. The standard InChI is InChI=1S/C9H8N2O2/c1-6-3-5-11-9(13)8(6)7(12)2-4-10/h3,5H,2H2,1H3,(H,11,13). The van der Waals surface area contributed by atoms with Crippen LogP contribution in [0.5, 0.6) is 0 Å². The maximum absolute atomic E-state index is 11.2. The largest absolute Gasteiger partial charge is 0.328 e. The molecule has 0 spiro atoms. The van der Waals surface area contributed by atoms with E-state index in [1.54, 1.807) is 19.1 Å². The molecule has 0 saturated heterocycles. The Hall–Kier alpha value is -1.89. The topological polar surface area (TPSA) is 73.7 Å². The number of nitriles is 1. The number of Topliss-reactive ketones (excluding diaryl/α,β-unsaturated/α-hetero) is 1. The molecule has 0 amide bonds. The number of carbonyl (C=O) groups is 1. The van der Waals surface area contributed by atoms with Crippen molar-refractivity contribution in [2.45, 2.75) is 13.3 Å². The van der Waals surface area contributed by atoms with E-state index >= 15 is 0 Å². The van der Waals surface area contributed by atoms with Gasteiger partial charge in [0.1, 0.15) is 0 Å². The van der Waals surface area contributed by atoms with E-state index < -0.39 is 11.3 Å². The number of aryl methyl sites for hydroxylation is 1. The van der Waals surface area contributed by atoms with Crippen molar-refractivity contribution in [3.63, 3.8) is 0 Å². The minimum atomic E-state index is -0.430. The van der Waals surface area contributed by atoms with Crippen molar-refractivity contribution < 1.29 is 4.79 Å². The highest BCUT2D eigenvalue weighted by Crippen LogP contribution is 2.02. The predicted molar refractivity (Wildman–Crippen MR) is 46.4 cm³/mol. The molecule has 1 aromatic heterocycles. The lowest BCUT2D eigenvalue weighted by atomic mass is 10.1. The Morgan fingerprint density at radius 3 is 2.92 bits per heavy atom. The van der Waals surface area contributed by atoms with Crippen molar-refractivity contribution in [1.29, 1.82) is 5.26 Å². The number of hydrogen-bond acceptors (Lipinski definition) is 3. The van der Waals surface area contributed by atoms with Crippen molar-refractivity contribution in [2.75, 3.05) is 0 Å². The van der Waals surface area contributed by atoms with Gasteiger partial charge in [-0.3, -0.25) is 9.59 Å². The quantitative estimate of drug-likeness (QED) is 0.676. The molecule has 0 unspecified atom stereocenters. The number of aromatic amines is 1. The van der Waals surface area contributed by atoms with E-state index in [4.69, 9.17) is 5.26 Å². The third-order valence-electron chi connectivity index (χ3n) is 1.69. The van der Waals surface area contributed by atoms with Crippen LogP contribution in [0.4, 0.5) is 0 Å². The summed E-state index contributed by atoms with van der Waals surface area (Å²) < 4.78 is 0. The zero-order valence-corrected chi connectivity index (χ0v) is 7.13. The third kappa shape index (κ3) is 1.82. The maximum Gasteiger partial charge on any atom is 0.259 e. The van der Waals surface area contributed by atoms with Crippen LogP contribution in [0.15, 0.2) is 17.1 Å². The van der Waals surface area contributed by atoms with Crippen LogP contribution < -0.4 is 5.56 Å². The molecule has 4 heteroatoms. The van der Waals surface area contributed by atoms with Crippen LogP contribution in [0.1, 0.15) is 22.3 Å². The fourth-order valence-electron chi connectivity index (χ4n) is 1.08. The fraction of sp³-hybridized carbons (Fsp3) is 0.222. The minimum Gasteiger partial charge on any atom is -0.328 e. The van der Waals surface area contributed by atoms with Crippen LogP contribution in [-0.2, 0) is 0 Å². The van der Waals surface area contributed by atoms with Crippen LogP contribution >= 0.6 is 0 Å². The van der Waals surface area contributed by atoms with Gasteiger partial charge in [-0.1, -0.05) is 0 Å². The van der Waals surface area contributed by atoms with Gasteiger partial charge in [-0.05, 0) is 18.6 Å². The molecule has 0 radical (unpaired) electrons. The van der Waals surface area contributed by atoms with Crippen LogP contribution in [-0.4, -0.2) is 10.8 Å². The molecule has 0 aliphatic carbocycles. The van der Waals surface area contributed by atoms with E-state index in [0.29, 0.717) is 5.56 Å². The zero-order valence-electron chi connectivity index (χ0n) is 7.13. The number of nitrogens with zero attached hydrogens (tertiary/aromatic N) is 1. The molecule has 0 saturated carbocycles. The van der Waals surface area contributed by atoms with Crippen molar-refractivity contribution in [3.05, 3.63) is 33.7 Å². The molecule has 1 aromatic rings. The van der Waals surface area contributed by atoms with Gasteiger partial charge in [0.15, 0.2) is 5.78 Å². The molecule has 1 rings (SSSR count). The third-order valence-corrected chi connectivity index (χ3v) is 1.69. The SMILES string of the molecule is Cc1cc[nH]c(=O)c1C(=O)CC#N. The lowest BCUT2D eigenvalue weighted by molar-refractivity contribution is 0.0995. The van der Waals surface area contributed by atoms with E-state index in [0.717, 1.165) is 0 Å². The Bertz CT molecular complexity index is 426. The van der Waals surface area contributed by atoms with E-state index in [9.17, 15) is 9.59 Å². The first-order valence-electron chi connectivity index (χ1n) is 3.75. The second kappa shape index (κ2) is 3.68. The van der Waals surface area contributed by atoms with E-state index in [1.165, 1.54) is 6.20 Å². The molecule has 1 heterocycles. The maximum atomic E-state index is 11.2. The molecule has 0 aromatic carbocycles. The smallest absolute Gasteiger partial charge is 0.259 e. The summed E-state index contributed by atoms with van der Waals surface area (Å²) in [7, 11) is 0. The van der Waals surface area contributed by atoms with Gasteiger partial charge in [0, 0.05) is 6.20 Å². The van der Waals surface area contributed by atoms with Gasteiger partial charge in [-0.2, -0.15) is 5.26 Å². The predicted octanol–water partition coefficient (Wildman–Crippen LogP) is 0.780. The average molecular weight is 176 g/mol. The normalized spacial score (nSPS) is 9.23. The molecule has 0 bridgehead atoms. The first kappa shape index (κ1) is 9.20. The summed E-state index contributed by atoms with van der Waals surface area (Å²) in [5, 5.41) is 8.30. The molecule has 0 atom stereocenters. The Morgan fingerprint density at radius 1 is 1.69 bits per heavy atom. The van der Waals surface area contributed by atoms with Crippen LogP contribution in [0, 0.1) is 18.3 Å². The fourth-order valence-corrected chi connectivity index (χ4v) is 1.08. The van der Waals surface area contributed by atoms with Crippen LogP contribution in [0.3, 0.4) is 0 Å². The summed E-state index contributed by atoms with van der Waals surface area (Å²) >= 11 is 0. The zero-order chi connectivity index (χ0) is 9.84. The Labute approximate surface area is 74.8 Å². The van der Waals surface area contributed by atoms with Gasteiger partial charge in [0.05, 0.1) is 18.1 Å². The highest BCUT2D eigenvalue weighted by Gasteiger charge is 2.11. The summed E-state index contributed by atoms with van der Waals surface area (Å²) in [6.07, 6.45) is 1.22. The molecule has 66 valence electrons. The number of nitrogens with one attached hydrogen (secondary N) is 1. The highest BCUT2D eigenvalue weighted by molar-refractivity contribution is 5.98. The van der Waals surface area contributed by atoms with Crippen molar-refractivity contribution in [1.82, 2.24) is 4.98 Å². The number of ketones is 1. The van der Waals surface area contributed by atoms with E-state index in [-0.39, 0.29) is 12.0 Å². The molecule has 4 nitrogen and oxygen atoms in total. The average Bonchev–Trinajstić information content (AvgIpc) is 2.04. The lowest BCUT2D eigenvalue weighted by Gasteiger charge is -1.98. The number of carbonyl (C=O) groups excluding carboxylic acids is 1. The van der Waals surface area contributed by atoms with Gasteiger partial charge in [-0.25, -0.2) is 0 Å². The summed E-state index contributed by atoms with van der Waals surface area (Å²) in [5.74, 6) is -0.429. The number of hydrogen-bond donors (Lipinski definition) is 1. The van der Waals surface area contributed by atoms with Gasteiger partial charge in [0.2, 0.25) is 0 Å². The van der Waals surface area contributed by atoms with Crippen molar-refractivity contribution >= 4 is 5.78 Å². The molecule has 0 aliphatic heterocycles. The summed E-state index contributed by atoms with van der Waals surface area (Å²) in [6, 6.07) is 3.35. The second-order valence-electron chi connectivity index (χ2n) is 2.62. The van der Waals surface area contributed by atoms with Gasteiger partial charge in [-0.15, -0.1) is 0 Å². The Morgan fingerprint density at radius 2 is 2.38 bits per heavy atom. The second-order valence-corrected chi connectivity index (χ2v) is 2.62. The monoisotopic (exact) mass is 176 g/mol. The van der Waals surface area contributed by atoms with Crippen molar-refractivity contribution in [2.24, 2.45) is 0 Å². The Balaban J connectivity index is 3.23. The molecule has 1 N–H and O–H groups in total. The van der Waals surface area contributed by atoms with Crippen LogP contribution in [0.2, 0.25) is 0 Å². The van der Waals surface area contributed by atoms with Crippen LogP contribution in [0.25, 0.3) is 0 Å². The number of pyridine rings is 1. The molecular weight excluding hydrogens is 168 g/mol. The van der Waals surface area contributed by atoms with E-state index in [2.05, 4.69) is 4.98 Å². The minimum absolute atomic E-state index is 0.0871. The first-order chi connectivity index (χ1) is 6.16. The van der Waals surface area contributed by atoms with Gasteiger partial charge in [0.25, 0.3) is 5.56 Å². The highest BCUT2D eigenvalue weighted by atomic mass is 16.1. The van der Waals surface area contributed by atoms with Gasteiger partial charge >= 0.3 is 0 Å². The molecule has 0 aliphatic rings. The van der Waals surface area contributed by atoms with E-state index in [1.807, 2.05) is 0 Å². The number of rotatable bonds is 2. The summed E-state index contributed by atoms with van der Waals surface area (Å²) in [6.45, 7) is 1.67. The summed E-state index contributed by atoms with van der Waals surface area (Å²) in [5.41, 5.74) is 0.258. The first-order valence-corrected chi connectivity index (χ1v) is 3.75. The molecule has 13 heavy (non-hydrogen) atoms. The number of H-pyrrole nitrogens is 1. The molecule has 0 fully saturated rings. The summed E-state index contributed by atoms with van der Waals surface area (Å²) in [4.78, 5) is 24.8.